The number of nitrogens with zero attached hydrogens (tertiary/aromatic N) is 1. The average Bonchev–Trinajstić information content (AvgIpc) is 2.14. The fourth-order valence-electron chi connectivity index (χ4n) is 2.74. The Morgan fingerprint density at radius 2 is 1.86 bits per heavy atom. The fourth-order valence-corrected chi connectivity index (χ4v) is 2.74. The Kier molecular flexibility index (Phi) is 2.34. The van der Waals surface area contributed by atoms with Crippen LogP contribution in [0.3, 0.4) is 0 Å². The number of pyridine rings is 1. The summed E-state index contributed by atoms with van der Waals surface area (Å²) in [6, 6.07) is 0. The molecule has 1 aromatic heterocycles. The Bertz CT molecular complexity index is 366. The lowest BCUT2D eigenvalue weighted by atomic mass is 9.81. The molecule has 0 fully saturated rings. The lowest BCUT2D eigenvalue weighted by molar-refractivity contribution is 0.579. The fraction of sp³-hybridized carbons (Fsp3) is 0.615. The Balaban J connectivity index is 2.66. The van der Waals surface area contributed by atoms with Gasteiger partial charge in [0.1, 0.15) is 0 Å². The Morgan fingerprint density at radius 1 is 1.14 bits per heavy atom. The number of hydrogen-bond acceptors (Lipinski definition) is 1. The number of rotatable bonds is 0. The molecule has 1 aliphatic rings. The zero-order valence-electron chi connectivity index (χ0n) is 9.65. The van der Waals surface area contributed by atoms with Crippen molar-refractivity contribution < 1.29 is 0 Å². The van der Waals surface area contributed by atoms with Crippen molar-refractivity contribution in [3.8, 4) is 0 Å². The normalized spacial score (nSPS) is 20.7. The van der Waals surface area contributed by atoms with Crippen LogP contribution in [0.25, 0.3) is 0 Å². The van der Waals surface area contributed by atoms with Gasteiger partial charge in [-0.05, 0) is 62.6 Å². The Labute approximate surface area is 86.6 Å². The average molecular weight is 189 g/mol. The molecule has 0 saturated heterocycles. The maximum atomic E-state index is 4.64. The minimum Gasteiger partial charge on any atom is -0.258 e. The van der Waals surface area contributed by atoms with Gasteiger partial charge in [-0.25, -0.2) is 0 Å². The monoisotopic (exact) mass is 189 g/mol. The van der Waals surface area contributed by atoms with Gasteiger partial charge in [0.2, 0.25) is 0 Å². The van der Waals surface area contributed by atoms with Crippen LogP contribution in [0.15, 0.2) is 0 Å². The van der Waals surface area contributed by atoms with E-state index in [2.05, 4.69) is 32.7 Å². The largest absolute Gasteiger partial charge is 0.258 e. The second kappa shape index (κ2) is 3.38. The van der Waals surface area contributed by atoms with Gasteiger partial charge in [0.05, 0.1) is 0 Å². The lowest BCUT2D eigenvalue weighted by Gasteiger charge is -2.26. The Hall–Kier alpha value is -0.850. The van der Waals surface area contributed by atoms with Crippen LogP contribution in [-0.4, -0.2) is 4.98 Å². The molecule has 0 N–H and O–H groups in total. The highest BCUT2D eigenvalue weighted by atomic mass is 14.7. The van der Waals surface area contributed by atoms with Crippen molar-refractivity contribution in [2.24, 2.45) is 0 Å². The molecule has 1 heterocycles. The molecule has 0 aromatic carbocycles. The first-order chi connectivity index (χ1) is 6.61. The van der Waals surface area contributed by atoms with Crippen LogP contribution in [0, 0.1) is 20.8 Å². The van der Waals surface area contributed by atoms with Crippen molar-refractivity contribution in [3.05, 3.63) is 28.1 Å². The zero-order chi connectivity index (χ0) is 10.3. The highest BCUT2D eigenvalue weighted by molar-refractivity contribution is 5.42. The molecular weight excluding hydrogens is 170 g/mol. The molecule has 1 aromatic rings. The number of fused-ring (bicyclic) bond motifs is 1. The molecular formula is C13H19N. The molecule has 1 heteroatoms. The third-order valence-corrected chi connectivity index (χ3v) is 3.60. The van der Waals surface area contributed by atoms with E-state index < -0.39 is 0 Å². The molecule has 1 atom stereocenters. The van der Waals surface area contributed by atoms with Gasteiger partial charge < -0.3 is 0 Å². The zero-order valence-corrected chi connectivity index (χ0v) is 9.65. The van der Waals surface area contributed by atoms with E-state index in [1.165, 1.54) is 36.2 Å². The van der Waals surface area contributed by atoms with Crippen LogP contribution >= 0.6 is 0 Å². The van der Waals surface area contributed by atoms with Gasteiger partial charge in [-0.1, -0.05) is 6.92 Å². The van der Waals surface area contributed by atoms with E-state index in [4.69, 9.17) is 0 Å². The highest BCUT2D eigenvalue weighted by Crippen LogP contribution is 2.35. The van der Waals surface area contributed by atoms with E-state index in [9.17, 15) is 0 Å². The first kappa shape index (κ1) is 9.70. The van der Waals surface area contributed by atoms with Gasteiger partial charge in [0, 0.05) is 11.4 Å². The van der Waals surface area contributed by atoms with Crippen LogP contribution in [0.1, 0.15) is 53.8 Å². The van der Waals surface area contributed by atoms with Crippen molar-refractivity contribution in [3.63, 3.8) is 0 Å². The van der Waals surface area contributed by atoms with Crippen molar-refractivity contribution in [1.82, 2.24) is 4.98 Å². The summed E-state index contributed by atoms with van der Waals surface area (Å²) in [5, 5.41) is 0. The third kappa shape index (κ3) is 1.35. The van der Waals surface area contributed by atoms with Crippen molar-refractivity contribution in [2.75, 3.05) is 0 Å². The van der Waals surface area contributed by atoms with E-state index in [0.29, 0.717) is 5.92 Å². The first-order valence-corrected chi connectivity index (χ1v) is 5.58. The van der Waals surface area contributed by atoms with Gasteiger partial charge in [-0.15, -0.1) is 0 Å². The maximum absolute atomic E-state index is 4.64. The molecule has 0 saturated carbocycles. The van der Waals surface area contributed by atoms with Crippen molar-refractivity contribution in [1.29, 1.82) is 0 Å². The van der Waals surface area contributed by atoms with Crippen LogP contribution in [0.5, 0.6) is 0 Å². The van der Waals surface area contributed by atoms with E-state index in [1.54, 1.807) is 11.1 Å². The summed E-state index contributed by atoms with van der Waals surface area (Å²) >= 11 is 0. The molecule has 76 valence electrons. The van der Waals surface area contributed by atoms with Gasteiger partial charge in [0.15, 0.2) is 0 Å². The molecule has 0 radical (unpaired) electrons. The number of aromatic nitrogens is 1. The molecule has 1 unspecified atom stereocenters. The summed E-state index contributed by atoms with van der Waals surface area (Å²) in [4.78, 5) is 4.64. The number of aryl methyl sites for hydroxylation is 2. The maximum Gasteiger partial charge on any atom is 0.0413 e. The van der Waals surface area contributed by atoms with Crippen LogP contribution in [-0.2, 0) is 6.42 Å². The summed E-state index contributed by atoms with van der Waals surface area (Å²) in [5.41, 5.74) is 7.04. The summed E-state index contributed by atoms with van der Waals surface area (Å²) < 4.78 is 0. The van der Waals surface area contributed by atoms with Crippen LogP contribution in [0.4, 0.5) is 0 Å². The summed E-state index contributed by atoms with van der Waals surface area (Å²) in [6.45, 7) is 8.84. The summed E-state index contributed by atoms with van der Waals surface area (Å²) in [6.07, 6.45) is 3.94. The van der Waals surface area contributed by atoms with Gasteiger partial charge >= 0.3 is 0 Å². The van der Waals surface area contributed by atoms with Gasteiger partial charge in [0.25, 0.3) is 0 Å². The second-order valence-electron chi connectivity index (χ2n) is 4.59. The molecule has 2 rings (SSSR count). The van der Waals surface area contributed by atoms with Gasteiger partial charge in [-0.2, -0.15) is 0 Å². The molecule has 1 aliphatic carbocycles. The smallest absolute Gasteiger partial charge is 0.0413 e. The van der Waals surface area contributed by atoms with Crippen molar-refractivity contribution in [2.45, 2.75) is 52.9 Å². The summed E-state index contributed by atoms with van der Waals surface area (Å²) in [7, 11) is 0. The molecule has 14 heavy (non-hydrogen) atoms. The number of hydrogen-bond donors (Lipinski definition) is 0. The topological polar surface area (TPSA) is 12.9 Å². The minimum atomic E-state index is 0.713. The first-order valence-electron chi connectivity index (χ1n) is 5.58. The Morgan fingerprint density at radius 3 is 2.57 bits per heavy atom. The predicted octanol–water partition coefficient (Wildman–Crippen LogP) is 3.45. The molecule has 0 bridgehead atoms. The highest BCUT2D eigenvalue weighted by Gasteiger charge is 2.21. The van der Waals surface area contributed by atoms with Gasteiger partial charge in [-0.3, -0.25) is 4.98 Å². The van der Waals surface area contributed by atoms with Crippen molar-refractivity contribution >= 4 is 0 Å². The quantitative estimate of drug-likeness (QED) is 0.609. The molecule has 0 spiro atoms. The van der Waals surface area contributed by atoms with E-state index >= 15 is 0 Å². The van der Waals surface area contributed by atoms with E-state index in [0.717, 1.165) is 0 Å². The van der Waals surface area contributed by atoms with Crippen LogP contribution in [0.2, 0.25) is 0 Å². The predicted molar refractivity (Wildman–Crippen MR) is 59.8 cm³/mol. The third-order valence-electron chi connectivity index (χ3n) is 3.60. The minimum absolute atomic E-state index is 0.713. The van der Waals surface area contributed by atoms with Crippen LogP contribution < -0.4 is 0 Å². The summed E-state index contributed by atoms with van der Waals surface area (Å²) in [5.74, 6) is 0.713. The van der Waals surface area contributed by atoms with E-state index in [1.807, 2.05) is 0 Å². The molecule has 0 amide bonds. The lowest BCUT2D eigenvalue weighted by Crippen LogP contribution is -2.13. The SMILES string of the molecule is Cc1nc(C)c2c(c1C)CCCC2C. The molecule has 1 nitrogen and oxygen atoms in total. The standard InChI is InChI=1S/C13H19N/c1-8-6-5-7-12-9(2)10(3)14-11(4)13(8)12/h8H,5-7H2,1-4H3. The second-order valence-corrected chi connectivity index (χ2v) is 4.59. The van der Waals surface area contributed by atoms with E-state index in [-0.39, 0.29) is 0 Å². The molecule has 0 aliphatic heterocycles.